The highest BCUT2D eigenvalue weighted by molar-refractivity contribution is 6.68. The van der Waals surface area contributed by atoms with Gasteiger partial charge in [-0.15, -0.1) is 0 Å². The van der Waals surface area contributed by atoms with Gasteiger partial charge in [0.1, 0.15) is 0 Å². The molecule has 1 rings (SSSR count). The van der Waals surface area contributed by atoms with Gasteiger partial charge in [-0.3, -0.25) is 0 Å². The van der Waals surface area contributed by atoms with Crippen molar-refractivity contribution in [3.8, 4) is 17.2 Å². The first-order valence-electron chi connectivity index (χ1n) is 11.2. The third kappa shape index (κ3) is 8.44. The predicted octanol–water partition coefficient (Wildman–Crippen LogP) is 7.11. The minimum atomic E-state index is -2.33. The summed E-state index contributed by atoms with van der Waals surface area (Å²) in [5.41, 5.74) is 0. The quantitative estimate of drug-likeness (QED) is 0.202. The standard InChI is InChI=1S/C23H42O4Si/c1-6-9-10-11-12-13-14-15-16-20-26-28(7-2,8-3)27-23-21(24-4)18-17-19-22(23)25-5/h17-19H,6-16,20H2,1-5H3. The summed E-state index contributed by atoms with van der Waals surface area (Å²) in [4.78, 5) is 0. The minimum absolute atomic E-state index is 0.676. The average Bonchev–Trinajstić information content (AvgIpc) is 2.74. The van der Waals surface area contributed by atoms with Crippen molar-refractivity contribution >= 4 is 8.56 Å². The van der Waals surface area contributed by atoms with Crippen LogP contribution in [0.1, 0.15) is 78.6 Å². The molecule has 0 fully saturated rings. The lowest BCUT2D eigenvalue weighted by Crippen LogP contribution is -2.44. The topological polar surface area (TPSA) is 36.9 Å². The number of para-hydroxylation sites is 1. The summed E-state index contributed by atoms with van der Waals surface area (Å²) >= 11 is 0. The van der Waals surface area contributed by atoms with E-state index in [0.717, 1.165) is 25.1 Å². The van der Waals surface area contributed by atoms with E-state index >= 15 is 0 Å². The van der Waals surface area contributed by atoms with Gasteiger partial charge in [-0.1, -0.05) is 78.2 Å². The van der Waals surface area contributed by atoms with Gasteiger partial charge >= 0.3 is 8.56 Å². The van der Waals surface area contributed by atoms with Crippen molar-refractivity contribution in [1.29, 1.82) is 0 Å². The molecule has 0 aliphatic heterocycles. The van der Waals surface area contributed by atoms with Gasteiger partial charge in [0.05, 0.1) is 14.2 Å². The second-order valence-electron chi connectivity index (χ2n) is 7.39. The number of hydrogen-bond acceptors (Lipinski definition) is 4. The highest BCUT2D eigenvalue weighted by atomic mass is 28.4. The van der Waals surface area contributed by atoms with Crippen LogP contribution in [-0.2, 0) is 4.43 Å². The number of hydrogen-bond donors (Lipinski definition) is 0. The Bertz CT molecular complexity index is 495. The Morgan fingerprint density at radius 2 is 1.21 bits per heavy atom. The van der Waals surface area contributed by atoms with E-state index in [1.165, 1.54) is 51.4 Å². The molecule has 162 valence electrons. The van der Waals surface area contributed by atoms with E-state index in [4.69, 9.17) is 18.3 Å². The molecule has 0 saturated heterocycles. The van der Waals surface area contributed by atoms with Crippen molar-refractivity contribution in [1.82, 2.24) is 0 Å². The molecule has 0 atom stereocenters. The van der Waals surface area contributed by atoms with Crippen molar-refractivity contribution in [3.05, 3.63) is 18.2 Å². The molecule has 1 aromatic carbocycles. The first-order chi connectivity index (χ1) is 13.7. The monoisotopic (exact) mass is 410 g/mol. The molecule has 0 amide bonds. The molecule has 4 nitrogen and oxygen atoms in total. The highest BCUT2D eigenvalue weighted by Gasteiger charge is 2.37. The van der Waals surface area contributed by atoms with Crippen LogP contribution in [0.2, 0.25) is 12.1 Å². The summed E-state index contributed by atoms with van der Waals surface area (Å²) in [6, 6.07) is 7.53. The third-order valence-corrected chi connectivity index (χ3v) is 8.82. The van der Waals surface area contributed by atoms with E-state index in [2.05, 4.69) is 20.8 Å². The zero-order chi connectivity index (χ0) is 20.7. The molecule has 5 heteroatoms. The van der Waals surface area contributed by atoms with E-state index in [0.29, 0.717) is 17.2 Å². The van der Waals surface area contributed by atoms with Crippen molar-refractivity contribution in [2.24, 2.45) is 0 Å². The van der Waals surface area contributed by atoms with Gasteiger partial charge in [0.15, 0.2) is 17.2 Å². The number of benzene rings is 1. The first kappa shape index (κ1) is 24.8. The number of rotatable bonds is 17. The Morgan fingerprint density at radius 1 is 0.714 bits per heavy atom. The average molecular weight is 411 g/mol. The Labute approximate surface area is 174 Å². The number of unbranched alkanes of at least 4 members (excludes halogenated alkanes) is 8. The van der Waals surface area contributed by atoms with Crippen LogP contribution in [-0.4, -0.2) is 29.4 Å². The molecule has 0 aliphatic rings. The van der Waals surface area contributed by atoms with Crippen LogP contribution in [0.4, 0.5) is 0 Å². The summed E-state index contributed by atoms with van der Waals surface area (Å²) in [5, 5.41) is 0. The lowest BCUT2D eigenvalue weighted by atomic mass is 10.1. The van der Waals surface area contributed by atoms with Gasteiger partial charge in [-0.2, -0.15) is 0 Å². The van der Waals surface area contributed by atoms with Crippen LogP contribution in [0.5, 0.6) is 17.2 Å². The molecule has 0 unspecified atom stereocenters. The van der Waals surface area contributed by atoms with Gasteiger partial charge in [0.25, 0.3) is 0 Å². The minimum Gasteiger partial charge on any atom is -0.515 e. The fourth-order valence-electron chi connectivity index (χ4n) is 3.40. The van der Waals surface area contributed by atoms with Gasteiger partial charge in [-0.05, 0) is 30.6 Å². The predicted molar refractivity (Wildman–Crippen MR) is 120 cm³/mol. The number of methoxy groups -OCH3 is 2. The second kappa shape index (κ2) is 14.7. The van der Waals surface area contributed by atoms with E-state index in [9.17, 15) is 0 Å². The van der Waals surface area contributed by atoms with Crippen molar-refractivity contribution in [2.45, 2.75) is 90.6 Å². The molecule has 0 N–H and O–H groups in total. The number of ether oxygens (including phenoxy) is 2. The normalized spacial score (nSPS) is 11.5. The Balaban J connectivity index is 2.48. The summed E-state index contributed by atoms with van der Waals surface area (Å²) in [7, 11) is 0.987. The van der Waals surface area contributed by atoms with Crippen LogP contribution in [0, 0.1) is 0 Å². The Morgan fingerprint density at radius 3 is 1.68 bits per heavy atom. The largest absolute Gasteiger partial charge is 0.515 e. The summed E-state index contributed by atoms with van der Waals surface area (Å²) in [6.45, 7) is 7.37. The van der Waals surface area contributed by atoms with Crippen molar-refractivity contribution in [3.63, 3.8) is 0 Å². The zero-order valence-corrected chi connectivity index (χ0v) is 19.9. The molecular formula is C23H42O4Si. The molecule has 0 saturated carbocycles. The van der Waals surface area contributed by atoms with E-state index in [-0.39, 0.29) is 0 Å². The lowest BCUT2D eigenvalue weighted by molar-refractivity contribution is 0.224. The lowest BCUT2D eigenvalue weighted by Gasteiger charge is -2.30. The van der Waals surface area contributed by atoms with Gasteiger partial charge in [0, 0.05) is 6.61 Å². The van der Waals surface area contributed by atoms with Crippen LogP contribution in [0.3, 0.4) is 0 Å². The van der Waals surface area contributed by atoms with Crippen LogP contribution in [0.25, 0.3) is 0 Å². The molecule has 28 heavy (non-hydrogen) atoms. The molecule has 0 bridgehead atoms. The summed E-state index contributed by atoms with van der Waals surface area (Å²) in [5.74, 6) is 2.07. The zero-order valence-electron chi connectivity index (χ0n) is 18.9. The molecule has 0 radical (unpaired) electrons. The summed E-state index contributed by atoms with van der Waals surface area (Å²) < 4.78 is 23.9. The molecule has 0 aromatic heterocycles. The van der Waals surface area contributed by atoms with Gasteiger partial charge in [0.2, 0.25) is 0 Å². The molecule has 0 heterocycles. The van der Waals surface area contributed by atoms with Gasteiger partial charge in [-0.25, -0.2) is 0 Å². The van der Waals surface area contributed by atoms with E-state index < -0.39 is 8.56 Å². The fraction of sp³-hybridized carbons (Fsp3) is 0.739. The van der Waals surface area contributed by atoms with Crippen LogP contribution < -0.4 is 13.9 Å². The van der Waals surface area contributed by atoms with E-state index in [1.54, 1.807) is 14.2 Å². The smallest absolute Gasteiger partial charge is 0.398 e. The second-order valence-corrected chi connectivity index (χ2v) is 11.1. The Kier molecular flexibility index (Phi) is 13.1. The third-order valence-electron chi connectivity index (χ3n) is 5.36. The van der Waals surface area contributed by atoms with Crippen molar-refractivity contribution < 1.29 is 18.3 Å². The maximum absolute atomic E-state index is 6.49. The van der Waals surface area contributed by atoms with Gasteiger partial charge < -0.3 is 18.3 Å². The summed E-state index contributed by atoms with van der Waals surface area (Å²) in [6.07, 6.45) is 11.9. The van der Waals surface area contributed by atoms with Crippen LogP contribution >= 0.6 is 0 Å². The van der Waals surface area contributed by atoms with Crippen LogP contribution in [0.15, 0.2) is 18.2 Å². The fourth-order valence-corrected chi connectivity index (χ4v) is 5.75. The molecular weight excluding hydrogens is 368 g/mol. The van der Waals surface area contributed by atoms with Crippen molar-refractivity contribution in [2.75, 3.05) is 20.8 Å². The maximum atomic E-state index is 6.49. The molecule has 0 spiro atoms. The maximum Gasteiger partial charge on any atom is 0.398 e. The molecule has 1 aromatic rings. The Hall–Kier alpha value is -1.20. The first-order valence-corrected chi connectivity index (χ1v) is 13.4. The SMILES string of the molecule is CCCCCCCCCCCO[Si](CC)(CC)Oc1c(OC)cccc1OC. The van der Waals surface area contributed by atoms with E-state index in [1.807, 2.05) is 18.2 Å². The highest BCUT2D eigenvalue weighted by Crippen LogP contribution is 2.39. The molecule has 0 aliphatic carbocycles.